The van der Waals surface area contributed by atoms with E-state index in [2.05, 4.69) is 25.3 Å². The first-order valence-electron chi connectivity index (χ1n) is 11.8. The monoisotopic (exact) mass is 526 g/mol. The molecule has 6 N–H and O–H groups in total. The second-order valence-corrected chi connectivity index (χ2v) is 8.50. The summed E-state index contributed by atoms with van der Waals surface area (Å²) in [6, 6.07) is 18.3. The molecule has 12 heteroatoms. The van der Waals surface area contributed by atoms with Crippen molar-refractivity contribution < 1.29 is 18.7 Å². The number of ether oxygens (including phenoxy) is 1. The topological polar surface area (TPSA) is 165 Å². The lowest BCUT2D eigenvalue weighted by Crippen LogP contribution is -2.51. The highest BCUT2D eigenvalue weighted by molar-refractivity contribution is 5.88. The molecule has 0 fully saturated rings. The van der Waals surface area contributed by atoms with E-state index in [-0.39, 0.29) is 18.2 Å². The Labute approximate surface area is 221 Å². The lowest BCUT2D eigenvalue weighted by molar-refractivity contribution is -0.119. The minimum absolute atomic E-state index is 0.0741. The summed E-state index contributed by atoms with van der Waals surface area (Å²) in [6.07, 6.45) is 2.26. The molecule has 1 unspecified atom stereocenters. The Morgan fingerprint density at radius 2 is 1.85 bits per heavy atom. The first kappa shape index (κ1) is 25.1. The predicted octanol–water partition coefficient (Wildman–Crippen LogP) is 3.52. The van der Waals surface area contributed by atoms with E-state index >= 15 is 0 Å². The third-order valence-electron chi connectivity index (χ3n) is 5.82. The summed E-state index contributed by atoms with van der Waals surface area (Å²) >= 11 is 0. The highest BCUT2D eigenvalue weighted by Crippen LogP contribution is 2.27. The van der Waals surface area contributed by atoms with Crippen molar-refractivity contribution in [2.45, 2.75) is 6.04 Å². The molecular weight excluding hydrogens is 503 g/mol. The number of carbonyl (C=O) groups is 2. The predicted molar refractivity (Wildman–Crippen MR) is 144 cm³/mol. The molecule has 0 aliphatic rings. The van der Waals surface area contributed by atoms with Gasteiger partial charge in [0.2, 0.25) is 11.9 Å². The average Bonchev–Trinajstić information content (AvgIpc) is 3.36. The Hall–Kier alpha value is -5.52. The van der Waals surface area contributed by atoms with Crippen molar-refractivity contribution in [1.82, 2.24) is 25.3 Å². The number of nitrogen functional groups attached to an aromatic ring is 1. The van der Waals surface area contributed by atoms with Crippen LogP contribution in [0.3, 0.4) is 0 Å². The number of aromatic nitrogens is 4. The molecule has 196 valence electrons. The van der Waals surface area contributed by atoms with Gasteiger partial charge in [0.05, 0.1) is 17.9 Å². The molecule has 5 rings (SSSR count). The number of benzene rings is 2. The number of fused-ring (bicyclic) bond motifs is 1. The van der Waals surface area contributed by atoms with Gasteiger partial charge in [0.1, 0.15) is 23.4 Å². The number of nitrogens with one attached hydrogen (secondary N) is 2. The zero-order valence-electron chi connectivity index (χ0n) is 20.4. The Kier molecular flexibility index (Phi) is 6.99. The molecule has 11 nitrogen and oxygen atoms in total. The third kappa shape index (κ3) is 5.91. The first-order valence-corrected chi connectivity index (χ1v) is 11.8. The van der Waals surface area contributed by atoms with Crippen molar-refractivity contribution in [3.8, 4) is 17.1 Å². The van der Waals surface area contributed by atoms with Crippen LogP contribution in [0.5, 0.6) is 5.75 Å². The largest absolute Gasteiger partial charge is 0.413 e. The first-order chi connectivity index (χ1) is 18.9. The smallest absolute Gasteiger partial charge is 0.410 e. The number of hydrogen-bond acceptors (Lipinski definition) is 8. The van der Waals surface area contributed by atoms with E-state index < -0.39 is 23.9 Å². The van der Waals surface area contributed by atoms with Crippen molar-refractivity contribution >= 4 is 40.4 Å². The van der Waals surface area contributed by atoms with Gasteiger partial charge in [0.25, 0.3) is 0 Å². The van der Waals surface area contributed by atoms with Crippen molar-refractivity contribution in [3.63, 3.8) is 0 Å². The summed E-state index contributed by atoms with van der Waals surface area (Å²) < 4.78 is 19.0. The molecule has 39 heavy (non-hydrogen) atoms. The van der Waals surface area contributed by atoms with Crippen LogP contribution in [0, 0.1) is 5.82 Å². The van der Waals surface area contributed by atoms with Gasteiger partial charge < -0.3 is 31.4 Å². The van der Waals surface area contributed by atoms with E-state index in [1.165, 1.54) is 24.3 Å². The van der Waals surface area contributed by atoms with E-state index in [1.807, 2.05) is 6.07 Å². The van der Waals surface area contributed by atoms with Gasteiger partial charge in [-0.2, -0.15) is 0 Å². The number of nitrogens with zero attached hydrogens (tertiary/aromatic N) is 4. The number of amides is 2. The minimum Gasteiger partial charge on any atom is -0.410 e. The molecular formula is C27H23FN8O3. The number of rotatable bonds is 8. The van der Waals surface area contributed by atoms with Crippen LogP contribution < -0.4 is 26.4 Å². The van der Waals surface area contributed by atoms with Gasteiger partial charge in [-0.15, -0.1) is 0 Å². The van der Waals surface area contributed by atoms with Gasteiger partial charge in [0, 0.05) is 29.0 Å². The lowest BCUT2D eigenvalue weighted by atomic mass is 10.2. The molecule has 5 aromatic rings. The number of nitrogens with two attached hydrogens (primary N) is 2. The van der Waals surface area contributed by atoms with E-state index in [0.29, 0.717) is 22.9 Å². The van der Waals surface area contributed by atoms with Crippen LogP contribution in [0.2, 0.25) is 0 Å². The summed E-state index contributed by atoms with van der Waals surface area (Å²) in [5, 5.41) is 3.27. The summed E-state index contributed by atoms with van der Waals surface area (Å²) in [5.74, 6) is -0.330. The molecule has 2 aromatic carbocycles. The van der Waals surface area contributed by atoms with Crippen LogP contribution in [0.1, 0.15) is 0 Å². The van der Waals surface area contributed by atoms with Crippen LogP contribution in [0.4, 0.5) is 26.6 Å². The molecule has 3 aromatic heterocycles. The van der Waals surface area contributed by atoms with Crippen LogP contribution >= 0.6 is 0 Å². The minimum atomic E-state index is -1.16. The van der Waals surface area contributed by atoms with Crippen molar-refractivity contribution in [2.75, 3.05) is 17.2 Å². The molecule has 1 atom stereocenters. The normalized spacial score (nSPS) is 11.6. The SMILES string of the molecule is NC(=O)C(CN(c1ccc(F)cc1)c1ccccn1)NC(=O)Oc1ccc2[nH]c(-c3ccnc(N)n3)cc2c1. The van der Waals surface area contributed by atoms with Crippen molar-refractivity contribution in [3.05, 3.63) is 91.0 Å². The van der Waals surface area contributed by atoms with Gasteiger partial charge in [-0.25, -0.2) is 24.1 Å². The Balaban J connectivity index is 1.32. The highest BCUT2D eigenvalue weighted by atomic mass is 19.1. The Morgan fingerprint density at radius 1 is 1.03 bits per heavy atom. The molecule has 0 radical (unpaired) electrons. The van der Waals surface area contributed by atoms with E-state index in [1.54, 1.807) is 59.8 Å². The lowest BCUT2D eigenvalue weighted by Gasteiger charge is -2.27. The molecule has 3 heterocycles. The van der Waals surface area contributed by atoms with Crippen LogP contribution in [-0.2, 0) is 4.79 Å². The maximum atomic E-state index is 13.5. The number of hydrogen-bond donors (Lipinski definition) is 4. The fourth-order valence-corrected chi connectivity index (χ4v) is 3.97. The average molecular weight is 527 g/mol. The third-order valence-corrected chi connectivity index (χ3v) is 5.82. The summed E-state index contributed by atoms with van der Waals surface area (Å²) in [5.41, 5.74) is 14.0. The second kappa shape index (κ2) is 10.8. The Morgan fingerprint density at radius 3 is 2.56 bits per heavy atom. The molecule has 2 amide bonds. The van der Waals surface area contributed by atoms with Gasteiger partial charge in [0.15, 0.2) is 0 Å². The van der Waals surface area contributed by atoms with Crippen molar-refractivity contribution in [1.29, 1.82) is 0 Å². The van der Waals surface area contributed by atoms with Crippen LogP contribution in [0.15, 0.2) is 85.2 Å². The molecule has 0 bridgehead atoms. The quantitative estimate of drug-likeness (QED) is 0.238. The Bertz CT molecular complexity index is 1630. The van der Waals surface area contributed by atoms with Crippen LogP contribution in [0.25, 0.3) is 22.3 Å². The summed E-state index contributed by atoms with van der Waals surface area (Å²) in [6.45, 7) is -0.0741. The van der Waals surface area contributed by atoms with Gasteiger partial charge in [-0.05, 0) is 66.7 Å². The number of primary amides is 1. The molecule has 0 saturated heterocycles. The standard InChI is InChI=1S/C27H23FN8O3/c28-17-4-6-18(7-5-17)36(24-3-1-2-11-31-24)15-23(25(29)37)35-27(38)39-19-8-9-20-16(13-19)14-22(33-20)21-10-12-32-26(30)34-21/h1-14,23,33H,15H2,(H2,29,37)(H,35,38)(H2,30,32,34). The number of H-pyrrole nitrogens is 1. The number of halogens is 1. The number of carbonyl (C=O) groups excluding carboxylic acids is 2. The van der Waals surface area contributed by atoms with Gasteiger partial charge >= 0.3 is 6.09 Å². The fraction of sp³-hybridized carbons (Fsp3) is 0.0741. The van der Waals surface area contributed by atoms with E-state index in [0.717, 1.165) is 10.9 Å². The second-order valence-electron chi connectivity index (χ2n) is 8.50. The number of aromatic amines is 1. The molecule has 0 spiro atoms. The molecule has 0 saturated carbocycles. The number of anilines is 3. The maximum absolute atomic E-state index is 13.5. The summed E-state index contributed by atoms with van der Waals surface area (Å²) in [7, 11) is 0. The van der Waals surface area contributed by atoms with Crippen molar-refractivity contribution in [2.24, 2.45) is 5.73 Å². The number of pyridine rings is 1. The van der Waals surface area contributed by atoms with Gasteiger partial charge in [-0.1, -0.05) is 6.07 Å². The zero-order chi connectivity index (χ0) is 27.4. The summed E-state index contributed by atoms with van der Waals surface area (Å²) in [4.78, 5) is 42.3. The highest BCUT2D eigenvalue weighted by Gasteiger charge is 2.24. The molecule has 0 aliphatic carbocycles. The van der Waals surface area contributed by atoms with E-state index in [9.17, 15) is 14.0 Å². The molecule has 0 aliphatic heterocycles. The fourth-order valence-electron chi connectivity index (χ4n) is 3.97. The zero-order valence-corrected chi connectivity index (χ0v) is 20.4. The van der Waals surface area contributed by atoms with Gasteiger partial charge in [-0.3, -0.25) is 4.79 Å². The van der Waals surface area contributed by atoms with Crippen LogP contribution in [-0.4, -0.2) is 44.5 Å². The maximum Gasteiger partial charge on any atom is 0.413 e. The van der Waals surface area contributed by atoms with E-state index in [4.69, 9.17) is 16.2 Å².